The quantitative estimate of drug-likeness (QED) is 0.915. The van der Waals surface area contributed by atoms with E-state index in [-0.39, 0.29) is 17.2 Å². The second-order valence-electron chi connectivity index (χ2n) is 6.47. The van der Waals surface area contributed by atoms with Crippen molar-refractivity contribution >= 4 is 17.5 Å². The van der Waals surface area contributed by atoms with Gasteiger partial charge in [-0.2, -0.15) is 0 Å². The predicted molar refractivity (Wildman–Crippen MR) is 88.1 cm³/mol. The summed E-state index contributed by atoms with van der Waals surface area (Å²) in [5.41, 5.74) is 8.90. The summed E-state index contributed by atoms with van der Waals surface area (Å²) in [6.07, 6.45) is 2.95. The lowest BCUT2D eigenvalue weighted by atomic mass is 9.95. The van der Waals surface area contributed by atoms with Crippen molar-refractivity contribution in [1.82, 2.24) is 0 Å². The van der Waals surface area contributed by atoms with Crippen LogP contribution in [-0.4, -0.2) is 11.8 Å². The van der Waals surface area contributed by atoms with Gasteiger partial charge >= 0.3 is 0 Å². The number of amides is 2. The lowest BCUT2D eigenvalue weighted by Gasteiger charge is -2.13. The smallest absolute Gasteiger partial charge is 0.250 e. The van der Waals surface area contributed by atoms with Crippen molar-refractivity contribution in [3.8, 4) is 0 Å². The summed E-state index contributed by atoms with van der Waals surface area (Å²) in [6.45, 7) is 0. The van der Waals surface area contributed by atoms with E-state index in [2.05, 4.69) is 23.5 Å². The van der Waals surface area contributed by atoms with Crippen LogP contribution in [0.5, 0.6) is 0 Å². The molecule has 1 saturated carbocycles. The van der Waals surface area contributed by atoms with Gasteiger partial charge < -0.3 is 11.1 Å². The van der Waals surface area contributed by atoms with Gasteiger partial charge in [0.25, 0.3) is 5.91 Å². The SMILES string of the molecule is NC(=O)c1ccccc1NC(=O)[C@@H]1C[C@@]12CCc1ccccc12. The molecule has 4 nitrogen and oxygen atoms in total. The number of nitrogens with one attached hydrogen (secondary N) is 1. The summed E-state index contributed by atoms with van der Waals surface area (Å²) in [6, 6.07) is 15.3. The fraction of sp³-hybridized carbons (Fsp3) is 0.263. The van der Waals surface area contributed by atoms with Gasteiger partial charge in [-0.15, -0.1) is 0 Å². The maximum atomic E-state index is 12.7. The molecule has 2 aromatic carbocycles. The average molecular weight is 306 g/mol. The third-order valence-corrected chi connectivity index (χ3v) is 5.24. The molecule has 2 atom stereocenters. The number of aryl methyl sites for hydroxylation is 1. The van der Waals surface area contributed by atoms with Crippen LogP contribution in [0.25, 0.3) is 0 Å². The molecule has 2 aliphatic rings. The number of benzene rings is 2. The number of anilines is 1. The number of rotatable bonds is 3. The maximum Gasteiger partial charge on any atom is 0.250 e. The van der Waals surface area contributed by atoms with Crippen molar-refractivity contribution in [1.29, 1.82) is 0 Å². The highest BCUT2D eigenvalue weighted by atomic mass is 16.2. The van der Waals surface area contributed by atoms with Gasteiger partial charge in [0.2, 0.25) is 5.91 Å². The first-order valence-corrected chi connectivity index (χ1v) is 7.90. The van der Waals surface area contributed by atoms with Crippen LogP contribution in [-0.2, 0) is 16.6 Å². The van der Waals surface area contributed by atoms with Crippen molar-refractivity contribution < 1.29 is 9.59 Å². The first kappa shape index (κ1) is 14.0. The molecule has 116 valence electrons. The van der Waals surface area contributed by atoms with Crippen molar-refractivity contribution in [2.45, 2.75) is 24.7 Å². The van der Waals surface area contributed by atoms with Crippen molar-refractivity contribution in [3.63, 3.8) is 0 Å². The minimum atomic E-state index is -0.530. The Labute approximate surface area is 134 Å². The van der Waals surface area contributed by atoms with Gasteiger partial charge in [-0.05, 0) is 42.5 Å². The lowest BCUT2D eigenvalue weighted by Crippen LogP contribution is -2.22. The molecule has 0 saturated heterocycles. The minimum Gasteiger partial charge on any atom is -0.366 e. The standard InChI is InChI=1S/C19H18N2O2/c20-17(22)13-6-2-4-8-16(13)21-18(23)15-11-19(15)10-9-12-5-1-3-7-14(12)19/h1-8,15H,9-11H2,(H2,20,22)(H,21,23)/t15-,19+/m0/s1. The van der Waals surface area contributed by atoms with E-state index in [1.807, 2.05) is 6.07 Å². The van der Waals surface area contributed by atoms with E-state index in [4.69, 9.17) is 5.73 Å². The van der Waals surface area contributed by atoms with Crippen LogP contribution in [0.4, 0.5) is 5.69 Å². The summed E-state index contributed by atoms with van der Waals surface area (Å²) in [4.78, 5) is 24.1. The Bertz CT molecular complexity index is 815. The number of fused-ring (bicyclic) bond motifs is 2. The molecule has 2 aliphatic carbocycles. The van der Waals surface area contributed by atoms with Gasteiger partial charge in [-0.3, -0.25) is 9.59 Å². The van der Waals surface area contributed by atoms with Gasteiger partial charge in [0.05, 0.1) is 11.3 Å². The fourth-order valence-electron chi connectivity index (χ4n) is 3.97. The molecule has 0 heterocycles. The number of nitrogens with two attached hydrogens (primary N) is 1. The van der Waals surface area contributed by atoms with Crippen LogP contribution in [0.3, 0.4) is 0 Å². The van der Waals surface area contributed by atoms with Gasteiger partial charge in [-0.1, -0.05) is 36.4 Å². The average Bonchev–Trinajstić information content (AvgIpc) is 3.18. The van der Waals surface area contributed by atoms with Crippen LogP contribution < -0.4 is 11.1 Å². The van der Waals surface area contributed by atoms with Gasteiger partial charge in [0.1, 0.15) is 0 Å². The molecule has 1 fully saturated rings. The molecule has 4 rings (SSSR count). The van der Waals surface area contributed by atoms with E-state index in [0.717, 1.165) is 19.3 Å². The van der Waals surface area contributed by atoms with E-state index < -0.39 is 5.91 Å². The second kappa shape index (κ2) is 4.95. The molecule has 4 heteroatoms. The Morgan fingerprint density at radius 2 is 1.83 bits per heavy atom. The summed E-state index contributed by atoms with van der Waals surface area (Å²) >= 11 is 0. The molecule has 0 aliphatic heterocycles. The van der Waals surface area contributed by atoms with Crippen molar-refractivity contribution in [3.05, 3.63) is 65.2 Å². The zero-order chi connectivity index (χ0) is 16.0. The van der Waals surface area contributed by atoms with E-state index in [0.29, 0.717) is 11.3 Å². The number of primary amides is 1. The Hall–Kier alpha value is -2.62. The third kappa shape index (κ3) is 2.13. The van der Waals surface area contributed by atoms with E-state index in [9.17, 15) is 9.59 Å². The number of hydrogen-bond donors (Lipinski definition) is 2. The number of para-hydroxylation sites is 1. The number of carbonyl (C=O) groups is 2. The van der Waals surface area contributed by atoms with Gasteiger partial charge in [0, 0.05) is 11.3 Å². The molecule has 0 bridgehead atoms. The minimum absolute atomic E-state index is 0.00233. The van der Waals surface area contributed by atoms with Crippen LogP contribution in [0.15, 0.2) is 48.5 Å². The molecule has 3 N–H and O–H groups in total. The summed E-state index contributed by atoms with van der Waals surface area (Å²) < 4.78 is 0. The molecule has 2 aromatic rings. The molecule has 23 heavy (non-hydrogen) atoms. The number of carbonyl (C=O) groups excluding carboxylic acids is 2. The van der Waals surface area contributed by atoms with Crippen LogP contribution in [0, 0.1) is 5.92 Å². The molecule has 0 aromatic heterocycles. The maximum absolute atomic E-state index is 12.7. The molecule has 0 radical (unpaired) electrons. The molecule has 2 amide bonds. The number of hydrogen-bond acceptors (Lipinski definition) is 2. The molecule has 1 spiro atoms. The largest absolute Gasteiger partial charge is 0.366 e. The van der Waals surface area contributed by atoms with Gasteiger partial charge in [0.15, 0.2) is 0 Å². The Kier molecular flexibility index (Phi) is 3.01. The van der Waals surface area contributed by atoms with Crippen LogP contribution in [0.1, 0.15) is 34.3 Å². The fourth-order valence-corrected chi connectivity index (χ4v) is 3.97. The highest BCUT2D eigenvalue weighted by molar-refractivity contribution is 6.04. The Morgan fingerprint density at radius 3 is 2.65 bits per heavy atom. The third-order valence-electron chi connectivity index (χ3n) is 5.24. The van der Waals surface area contributed by atoms with E-state index >= 15 is 0 Å². The highest BCUT2D eigenvalue weighted by Crippen LogP contribution is 2.61. The van der Waals surface area contributed by atoms with Crippen LogP contribution >= 0.6 is 0 Å². The summed E-state index contributed by atoms with van der Waals surface area (Å²) in [5, 5.41) is 2.90. The van der Waals surface area contributed by atoms with Gasteiger partial charge in [-0.25, -0.2) is 0 Å². The second-order valence-corrected chi connectivity index (χ2v) is 6.47. The zero-order valence-corrected chi connectivity index (χ0v) is 12.7. The molecular formula is C19H18N2O2. The highest BCUT2D eigenvalue weighted by Gasteiger charge is 2.61. The monoisotopic (exact) mass is 306 g/mol. The molecule has 0 unspecified atom stereocenters. The normalized spacial score (nSPS) is 24.3. The lowest BCUT2D eigenvalue weighted by molar-refractivity contribution is -0.117. The van der Waals surface area contributed by atoms with Crippen molar-refractivity contribution in [2.75, 3.05) is 5.32 Å². The first-order valence-electron chi connectivity index (χ1n) is 7.90. The van der Waals surface area contributed by atoms with Crippen molar-refractivity contribution in [2.24, 2.45) is 11.7 Å². The van der Waals surface area contributed by atoms with E-state index in [1.165, 1.54) is 11.1 Å². The summed E-state index contributed by atoms with van der Waals surface area (Å²) in [7, 11) is 0. The van der Waals surface area contributed by atoms with E-state index in [1.54, 1.807) is 24.3 Å². The zero-order valence-electron chi connectivity index (χ0n) is 12.7. The molecular weight excluding hydrogens is 288 g/mol. The topological polar surface area (TPSA) is 72.2 Å². The Morgan fingerprint density at radius 1 is 1.09 bits per heavy atom. The predicted octanol–water partition coefficient (Wildman–Crippen LogP) is 2.63. The first-order chi connectivity index (χ1) is 11.1. The van der Waals surface area contributed by atoms with Crippen LogP contribution in [0.2, 0.25) is 0 Å². The Balaban J connectivity index is 1.56. The summed E-state index contributed by atoms with van der Waals surface area (Å²) in [5.74, 6) is -0.569.